The van der Waals surface area contributed by atoms with Crippen molar-refractivity contribution in [3.8, 4) is 0 Å². The number of nitrogens with one attached hydrogen (secondary N) is 1. The summed E-state index contributed by atoms with van der Waals surface area (Å²) in [6.45, 7) is -0.622. The van der Waals surface area contributed by atoms with E-state index in [0.717, 1.165) is 6.92 Å². The van der Waals surface area contributed by atoms with Gasteiger partial charge in [-0.25, -0.2) is 0 Å². The van der Waals surface area contributed by atoms with Crippen LogP contribution < -0.4 is 0 Å². The van der Waals surface area contributed by atoms with Crippen LogP contribution in [-0.2, 0) is 27.3 Å². The first-order valence-corrected chi connectivity index (χ1v) is 7.69. The molecule has 25 heavy (non-hydrogen) atoms. The smallest absolute Gasteiger partial charge is 0.406 e. The van der Waals surface area contributed by atoms with Gasteiger partial charge in [-0.2, -0.15) is 18.3 Å². The van der Waals surface area contributed by atoms with Crippen molar-refractivity contribution in [3.05, 3.63) is 28.4 Å². The number of nitrogens with zero attached hydrogens (tertiary/aromatic N) is 2. The van der Waals surface area contributed by atoms with E-state index in [1.165, 1.54) is 6.20 Å². The summed E-state index contributed by atoms with van der Waals surface area (Å²) in [5, 5.41) is 7.41. The summed E-state index contributed by atoms with van der Waals surface area (Å²) >= 11 is 6.16. The molecule has 3 rings (SSSR count). The van der Waals surface area contributed by atoms with Crippen LogP contribution in [0.15, 0.2) is 12.3 Å². The van der Waals surface area contributed by atoms with Crippen LogP contribution in [0.2, 0.25) is 5.02 Å². The van der Waals surface area contributed by atoms with Crippen molar-refractivity contribution >= 4 is 34.4 Å². The van der Waals surface area contributed by atoms with Crippen molar-refractivity contribution in [2.75, 3.05) is 6.54 Å². The average Bonchev–Trinajstić information content (AvgIpc) is 2.93. The van der Waals surface area contributed by atoms with Crippen LogP contribution in [0.5, 0.6) is 0 Å². The number of benzene rings is 1. The molecule has 6 nitrogen and oxygen atoms in total. The molecule has 0 saturated carbocycles. The van der Waals surface area contributed by atoms with E-state index in [1.807, 2.05) is 0 Å². The standard InChI is InChI=1S/C15H13ClF3N3O3/c1-7(23)25-12-3-8-2-11(16)13-9(4-20-21-13)10(8)5-22(14(12)24)6-15(17,18)19/h2,4,12H,3,5-6H2,1H3,(H,20,21)/t12-/m0/s1. The van der Waals surface area contributed by atoms with Crippen LogP contribution in [0.25, 0.3) is 10.9 Å². The van der Waals surface area contributed by atoms with Gasteiger partial charge in [0, 0.05) is 25.3 Å². The molecular formula is C15H13ClF3N3O3. The zero-order valence-corrected chi connectivity index (χ0v) is 13.7. The van der Waals surface area contributed by atoms with Crippen LogP contribution in [-0.4, -0.2) is 45.8 Å². The van der Waals surface area contributed by atoms with Gasteiger partial charge in [0.15, 0.2) is 6.10 Å². The van der Waals surface area contributed by atoms with Crippen LogP contribution >= 0.6 is 11.6 Å². The summed E-state index contributed by atoms with van der Waals surface area (Å²) in [4.78, 5) is 24.4. The van der Waals surface area contributed by atoms with Gasteiger partial charge < -0.3 is 9.64 Å². The lowest BCUT2D eigenvalue weighted by Gasteiger charge is -2.25. The quantitative estimate of drug-likeness (QED) is 0.819. The first kappa shape index (κ1) is 17.5. The van der Waals surface area contributed by atoms with Gasteiger partial charge in [0.05, 0.1) is 16.7 Å². The highest BCUT2D eigenvalue weighted by Gasteiger charge is 2.39. The fourth-order valence-corrected chi connectivity index (χ4v) is 3.23. The zero-order chi connectivity index (χ0) is 18.4. The molecule has 1 N–H and O–H groups in total. The Morgan fingerprint density at radius 3 is 2.88 bits per heavy atom. The lowest BCUT2D eigenvalue weighted by atomic mass is 9.99. The van der Waals surface area contributed by atoms with E-state index >= 15 is 0 Å². The Kier molecular flexibility index (Phi) is 4.36. The zero-order valence-electron chi connectivity index (χ0n) is 13.0. The average molecular weight is 376 g/mol. The fraction of sp³-hybridized carbons (Fsp3) is 0.400. The summed E-state index contributed by atoms with van der Waals surface area (Å²) < 4.78 is 43.6. The Balaban J connectivity index is 2.11. The molecule has 1 aliphatic heterocycles. The Labute approximate surface area is 144 Å². The van der Waals surface area contributed by atoms with E-state index in [2.05, 4.69) is 10.2 Å². The molecule has 1 aromatic heterocycles. The van der Waals surface area contributed by atoms with Crippen LogP contribution in [0.4, 0.5) is 13.2 Å². The maximum Gasteiger partial charge on any atom is 0.406 e. The number of halogens is 4. The van der Waals surface area contributed by atoms with Crippen molar-refractivity contribution < 1.29 is 27.5 Å². The van der Waals surface area contributed by atoms with Crippen LogP contribution in [0, 0.1) is 0 Å². The first-order valence-electron chi connectivity index (χ1n) is 7.32. The number of hydrogen-bond acceptors (Lipinski definition) is 4. The van der Waals surface area contributed by atoms with Gasteiger partial charge in [-0.1, -0.05) is 11.6 Å². The summed E-state index contributed by atoms with van der Waals surface area (Å²) in [5.74, 6) is -1.64. The van der Waals surface area contributed by atoms with Gasteiger partial charge in [-0.05, 0) is 17.2 Å². The number of fused-ring (bicyclic) bond motifs is 3. The maximum absolute atomic E-state index is 12.9. The molecule has 0 aliphatic carbocycles. The summed E-state index contributed by atoms with van der Waals surface area (Å²) in [5.41, 5.74) is 1.52. The highest BCUT2D eigenvalue weighted by Crippen LogP contribution is 2.33. The Morgan fingerprint density at radius 1 is 1.52 bits per heavy atom. The monoisotopic (exact) mass is 375 g/mol. The third-order valence-corrected chi connectivity index (χ3v) is 4.21. The number of H-pyrrole nitrogens is 1. The molecule has 10 heteroatoms. The van der Waals surface area contributed by atoms with Crippen molar-refractivity contribution in [1.29, 1.82) is 0 Å². The van der Waals surface area contributed by atoms with Crippen LogP contribution in [0.1, 0.15) is 18.1 Å². The largest absolute Gasteiger partial charge is 0.452 e. The molecular weight excluding hydrogens is 363 g/mol. The number of carbonyl (C=O) groups excluding carboxylic acids is 2. The van der Waals surface area contributed by atoms with Crippen molar-refractivity contribution in [2.24, 2.45) is 0 Å². The molecule has 1 amide bonds. The number of amides is 1. The molecule has 0 saturated heterocycles. The molecule has 1 atom stereocenters. The van der Waals surface area contributed by atoms with E-state index in [9.17, 15) is 22.8 Å². The minimum atomic E-state index is -4.58. The summed E-state index contributed by atoms with van der Waals surface area (Å²) in [7, 11) is 0. The Hall–Kier alpha value is -2.29. The molecule has 134 valence electrons. The van der Waals surface area contributed by atoms with Crippen molar-refractivity contribution in [3.63, 3.8) is 0 Å². The molecule has 1 aromatic carbocycles. The number of hydrogen-bond donors (Lipinski definition) is 1. The predicted molar refractivity (Wildman–Crippen MR) is 81.8 cm³/mol. The lowest BCUT2D eigenvalue weighted by Crippen LogP contribution is -2.44. The Bertz CT molecular complexity index is 850. The van der Waals surface area contributed by atoms with Gasteiger partial charge in [0.25, 0.3) is 5.91 Å². The number of aromatic nitrogens is 2. The second-order valence-corrected chi connectivity index (χ2v) is 6.17. The summed E-state index contributed by atoms with van der Waals surface area (Å²) in [6.07, 6.45) is -4.52. The number of aromatic amines is 1. The van der Waals surface area contributed by atoms with E-state index in [-0.39, 0.29) is 13.0 Å². The number of ether oxygens (including phenoxy) is 1. The molecule has 0 unspecified atom stereocenters. The van der Waals surface area contributed by atoms with E-state index in [1.54, 1.807) is 6.07 Å². The number of alkyl halides is 3. The SMILES string of the molecule is CC(=O)O[C@H]1Cc2cc(Cl)c3[nH]ncc3c2CN(CC(F)(F)F)C1=O. The molecule has 2 heterocycles. The topological polar surface area (TPSA) is 75.3 Å². The van der Waals surface area contributed by atoms with Gasteiger partial charge in [0.1, 0.15) is 6.54 Å². The Morgan fingerprint density at radius 2 is 2.24 bits per heavy atom. The van der Waals surface area contributed by atoms with E-state index < -0.39 is 30.7 Å². The number of carbonyl (C=O) groups is 2. The summed E-state index contributed by atoms with van der Waals surface area (Å²) in [6, 6.07) is 1.55. The molecule has 1 aliphatic rings. The third-order valence-electron chi connectivity index (χ3n) is 3.91. The van der Waals surface area contributed by atoms with Crippen LogP contribution in [0.3, 0.4) is 0 Å². The molecule has 2 aromatic rings. The van der Waals surface area contributed by atoms with E-state index in [4.69, 9.17) is 16.3 Å². The molecule has 0 fully saturated rings. The van der Waals surface area contributed by atoms with Crippen molar-refractivity contribution in [2.45, 2.75) is 32.2 Å². The first-order chi connectivity index (χ1) is 11.7. The van der Waals surface area contributed by atoms with Gasteiger partial charge in [-0.3, -0.25) is 14.7 Å². The minimum Gasteiger partial charge on any atom is -0.452 e. The number of rotatable bonds is 2. The molecule has 0 bridgehead atoms. The van der Waals surface area contributed by atoms with Gasteiger partial charge in [-0.15, -0.1) is 0 Å². The van der Waals surface area contributed by atoms with Gasteiger partial charge >= 0.3 is 12.1 Å². The normalized spacial score (nSPS) is 18.2. The lowest BCUT2D eigenvalue weighted by molar-refractivity contribution is -0.172. The minimum absolute atomic E-state index is 0.0526. The van der Waals surface area contributed by atoms with Gasteiger partial charge in [0.2, 0.25) is 0 Å². The predicted octanol–water partition coefficient (Wildman–Crippen LogP) is 2.60. The fourth-order valence-electron chi connectivity index (χ4n) is 2.95. The maximum atomic E-state index is 12.9. The van der Waals surface area contributed by atoms with E-state index in [0.29, 0.717) is 32.0 Å². The molecule has 0 spiro atoms. The third kappa shape index (κ3) is 3.55. The second kappa shape index (κ2) is 6.21. The van der Waals surface area contributed by atoms with Crippen molar-refractivity contribution in [1.82, 2.24) is 15.1 Å². The highest BCUT2D eigenvalue weighted by molar-refractivity contribution is 6.35. The highest BCUT2D eigenvalue weighted by atomic mass is 35.5. The number of esters is 1. The second-order valence-electron chi connectivity index (χ2n) is 5.77. The molecule has 0 radical (unpaired) electrons.